The lowest BCUT2D eigenvalue weighted by atomic mass is 10.0. The standard InChI is InChI=1S/C23H20N4O4/c1-30-15-8-10-22(31-2)17(11-15)19-12-20(26-25-19)23(29)27-24-13-18-16-6-4-3-5-14(16)7-9-21(18)28/h3-13,28H,1-2H3,(H,25,26)(H,27,29). The van der Waals surface area contributed by atoms with E-state index in [-0.39, 0.29) is 11.4 Å². The number of aromatic hydroxyl groups is 1. The third-order valence-corrected chi connectivity index (χ3v) is 4.81. The number of phenolic OH excluding ortho intramolecular Hbond substituents is 1. The molecule has 1 amide bonds. The summed E-state index contributed by atoms with van der Waals surface area (Å²) in [6.45, 7) is 0. The van der Waals surface area contributed by atoms with Crippen molar-refractivity contribution in [2.24, 2.45) is 5.10 Å². The van der Waals surface area contributed by atoms with Gasteiger partial charge in [0.25, 0.3) is 5.91 Å². The second-order valence-corrected chi connectivity index (χ2v) is 6.65. The number of phenols is 1. The lowest BCUT2D eigenvalue weighted by Gasteiger charge is -2.08. The molecule has 156 valence electrons. The highest BCUT2D eigenvalue weighted by Crippen LogP contribution is 2.32. The van der Waals surface area contributed by atoms with Crippen LogP contribution in [0.2, 0.25) is 0 Å². The minimum absolute atomic E-state index is 0.0747. The summed E-state index contributed by atoms with van der Waals surface area (Å²) in [7, 11) is 3.13. The Balaban J connectivity index is 1.54. The summed E-state index contributed by atoms with van der Waals surface area (Å²) >= 11 is 0. The molecule has 0 saturated heterocycles. The first-order chi connectivity index (χ1) is 15.1. The monoisotopic (exact) mass is 416 g/mol. The molecule has 3 N–H and O–H groups in total. The first-order valence-electron chi connectivity index (χ1n) is 9.42. The number of nitrogens with zero attached hydrogens (tertiary/aromatic N) is 2. The number of methoxy groups -OCH3 is 2. The molecule has 0 bridgehead atoms. The molecule has 0 unspecified atom stereocenters. The predicted molar refractivity (Wildman–Crippen MR) is 118 cm³/mol. The van der Waals surface area contributed by atoms with E-state index in [1.54, 1.807) is 44.6 Å². The fourth-order valence-corrected chi connectivity index (χ4v) is 3.23. The molecular formula is C23H20N4O4. The van der Waals surface area contributed by atoms with E-state index in [0.717, 1.165) is 10.8 Å². The van der Waals surface area contributed by atoms with Crippen LogP contribution >= 0.6 is 0 Å². The van der Waals surface area contributed by atoms with Gasteiger partial charge in [-0.3, -0.25) is 9.89 Å². The van der Waals surface area contributed by atoms with Gasteiger partial charge in [-0.25, -0.2) is 5.43 Å². The van der Waals surface area contributed by atoms with Gasteiger partial charge in [-0.1, -0.05) is 30.3 Å². The van der Waals surface area contributed by atoms with E-state index in [2.05, 4.69) is 20.7 Å². The zero-order valence-electron chi connectivity index (χ0n) is 16.9. The maximum Gasteiger partial charge on any atom is 0.289 e. The van der Waals surface area contributed by atoms with Crippen LogP contribution in [0.4, 0.5) is 0 Å². The minimum Gasteiger partial charge on any atom is -0.507 e. The van der Waals surface area contributed by atoms with Gasteiger partial charge in [0.1, 0.15) is 22.9 Å². The van der Waals surface area contributed by atoms with Gasteiger partial charge in [-0.05, 0) is 41.1 Å². The van der Waals surface area contributed by atoms with E-state index in [1.165, 1.54) is 6.21 Å². The third kappa shape index (κ3) is 4.04. The molecule has 31 heavy (non-hydrogen) atoms. The number of nitrogens with one attached hydrogen (secondary N) is 2. The Kier molecular flexibility index (Phi) is 5.53. The second-order valence-electron chi connectivity index (χ2n) is 6.65. The van der Waals surface area contributed by atoms with E-state index in [4.69, 9.17) is 9.47 Å². The van der Waals surface area contributed by atoms with Crippen molar-refractivity contribution in [3.8, 4) is 28.5 Å². The van der Waals surface area contributed by atoms with Gasteiger partial charge in [0, 0.05) is 11.1 Å². The van der Waals surface area contributed by atoms with E-state index in [0.29, 0.717) is 28.3 Å². The Morgan fingerprint density at radius 3 is 2.74 bits per heavy atom. The van der Waals surface area contributed by atoms with Crippen molar-refractivity contribution in [2.45, 2.75) is 0 Å². The molecule has 0 saturated carbocycles. The number of rotatable bonds is 6. The third-order valence-electron chi connectivity index (χ3n) is 4.81. The zero-order chi connectivity index (χ0) is 21.8. The summed E-state index contributed by atoms with van der Waals surface area (Å²) in [6, 6.07) is 17.9. The molecule has 0 aliphatic rings. The number of aromatic nitrogens is 2. The van der Waals surface area contributed by atoms with Crippen LogP contribution in [0.5, 0.6) is 17.2 Å². The lowest BCUT2D eigenvalue weighted by Crippen LogP contribution is -2.18. The molecule has 0 aliphatic heterocycles. The number of aromatic amines is 1. The van der Waals surface area contributed by atoms with Crippen LogP contribution in [-0.2, 0) is 0 Å². The molecule has 3 aromatic carbocycles. The van der Waals surface area contributed by atoms with Crippen molar-refractivity contribution in [3.63, 3.8) is 0 Å². The topological polar surface area (TPSA) is 109 Å². The highest BCUT2D eigenvalue weighted by molar-refractivity contribution is 6.03. The van der Waals surface area contributed by atoms with E-state index >= 15 is 0 Å². The molecular weight excluding hydrogens is 396 g/mol. The summed E-state index contributed by atoms with van der Waals surface area (Å²) in [5.74, 6) is 0.843. The summed E-state index contributed by atoms with van der Waals surface area (Å²) in [6.07, 6.45) is 1.41. The Hall–Kier alpha value is -4.33. The van der Waals surface area contributed by atoms with Gasteiger partial charge in [0.2, 0.25) is 0 Å². The SMILES string of the molecule is COc1ccc(OC)c(-c2cc(C(=O)NN=Cc3c(O)ccc4ccccc34)[nH]n2)c1. The van der Waals surface area contributed by atoms with Gasteiger partial charge >= 0.3 is 0 Å². The van der Waals surface area contributed by atoms with Crippen molar-refractivity contribution in [1.29, 1.82) is 0 Å². The lowest BCUT2D eigenvalue weighted by molar-refractivity contribution is 0.0950. The fourth-order valence-electron chi connectivity index (χ4n) is 3.23. The first kappa shape index (κ1) is 20.0. The van der Waals surface area contributed by atoms with Crippen LogP contribution in [0.25, 0.3) is 22.0 Å². The van der Waals surface area contributed by atoms with Gasteiger partial charge in [0.15, 0.2) is 0 Å². The zero-order valence-corrected chi connectivity index (χ0v) is 16.9. The predicted octanol–water partition coefficient (Wildman–Crippen LogP) is 3.72. The van der Waals surface area contributed by atoms with Gasteiger partial charge in [0.05, 0.1) is 26.1 Å². The summed E-state index contributed by atoms with van der Waals surface area (Å²) in [5, 5.41) is 22.9. The Bertz CT molecular complexity index is 1280. The van der Waals surface area contributed by atoms with Gasteiger partial charge < -0.3 is 14.6 Å². The highest BCUT2D eigenvalue weighted by atomic mass is 16.5. The molecule has 4 aromatic rings. The molecule has 0 fully saturated rings. The number of hydrogen-bond acceptors (Lipinski definition) is 6. The maximum atomic E-state index is 12.5. The highest BCUT2D eigenvalue weighted by Gasteiger charge is 2.15. The normalized spacial score (nSPS) is 11.0. The number of fused-ring (bicyclic) bond motifs is 1. The number of amides is 1. The average Bonchev–Trinajstić information content (AvgIpc) is 3.30. The molecule has 0 radical (unpaired) electrons. The largest absolute Gasteiger partial charge is 0.507 e. The summed E-state index contributed by atoms with van der Waals surface area (Å²) in [5.41, 5.74) is 4.39. The smallest absolute Gasteiger partial charge is 0.289 e. The molecule has 0 aliphatic carbocycles. The number of ether oxygens (including phenoxy) is 2. The Morgan fingerprint density at radius 1 is 1.10 bits per heavy atom. The molecule has 4 rings (SSSR count). The molecule has 8 nitrogen and oxygen atoms in total. The second kappa shape index (κ2) is 8.58. The number of carbonyl (C=O) groups excluding carboxylic acids is 1. The van der Waals surface area contributed by atoms with Crippen molar-refractivity contribution >= 4 is 22.9 Å². The molecule has 0 spiro atoms. The maximum absolute atomic E-state index is 12.5. The Morgan fingerprint density at radius 2 is 1.94 bits per heavy atom. The van der Waals surface area contributed by atoms with Crippen LogP contribution < -0.4 is 14.9 Å². The fraction of sp³-hybridized carbons (Fsp3) is 0.0870. The average molecular weight is 416 g/mol. The van der Waals surface area contributed by atoms with Crippen molar-refractivity contribution in [1.82, 2.24) is 15.6 Å². The summed E-state index contributed by atoms with van der Waals surface area (Å²) < 4.78 is 10.6. The number of hydrazone groups is 1. The van der Waals surface area contributed by atoms with Crippen LogP contribution in [0, 0.1) is 0 Å². The van der Waals surface area contributed by atoms with Crippen molar-refractivity contribution in [2.75, 3.05) is 14.2 Å². The number of H-pyrrole nitrogens is 1. The molecule has 1 heterocycles. The number of benzene rings is 3. The van der Waals surface area contributed by atoms with Gasteiger partial charge in [-0.15, -0.1) is 0 Å². The minimum atomic E-state index is -0.475. The first-order valence-corrected chi connectivity index (χ1v) is 9.42. The molecule has 0 atom stereocenters. The van der Waals surface area contributed by atoms with E-state index in [9.17, 15) is 9.90 Å². The number of hydrogen-bond donors (Lipinski definition) is 3. The van der Waals surface area contributed by atoms with E-state index in [1.807, 2.05) is 30.3 Å². The Labute approximate surface area is 178 Å². The number of carbonyl (C=O) groups is 1. The van der Waals surface area contributed by atoms with Crippen LogP contribution in [0.3, 0.4) is 0 Å². The van der Waals surface area contributed by atoms with Crippen LogP contribution in [-0.4, -0.2) is 41.6 Å². The van der Waals surface area contributed by atoms with Crippen molar-refractivity contribution < 1.29 is 19.4 Å². The quantitative estimate of drug-likeness (QED) is 0.328. The van der Waals surface area contributed by atoms with Crippen molar-refractivity contribution in [3.05, 3.63) is 71.9 Å². The van der Waals surface area contributed by atoms with Crippen LogP contribution in [0.15, 0.2) is 65.8 Å². The molecule has 8 heteroatoms. The summed E-state index contributed by atoms with van der Waals surface area (Å²) in [4.78, 5) is 12.5. The van der Waals surface area contributed by atoms with E-state index < -0.39 is 5.91 Å². The molecule has 1 aromatic heterocycles. The van der Waals surface area contributed by atoms with Gasteiger partial charge in [-0.2, -0.15) is 10.2 Å². The van der Waals surface area contributed by atoms with Crippen LogP contribution in [0.1, 0.15) is 16.1 Å².